The summed E-state index contributed by atoms with van der Waals surface area (Å²) in [5, 5.41) is 10.9. The van der Waals surface area contributed by atoms with Gasteiger partial charge in [-0.3, -0.25) is 0 Å². The number of fused-ring (bicyclic) bond motifs is 4. The van der Waals surface area contributed by atoms with E-state index in [9.17, 15) is 9.90 Å². The quantitative estimate of drug-likeness (QED) is 0.528. The van der Waals surface area contributed by atoms with E-state index in [4.69, 9.17) is 9.47 Å². The van der Waals surface area contributed by atoms with Crippen molar-refractivity contribution in [2.75, 3.05) is 20.7 Å². The molecule has 35 heavy (non-hydrogen) atoms. The molecule has 0 aromatic heterocycles. The maximum absolute atomic E-state index is 12.0. The zero-order valence-corrected chi connectivity index (χ0v) is 23.2. The van der Waals surface area contributed by atoms with Gasteiger partial charge in [0, 0.05) is 13.6 Å². The zero-order valence-electron chi connectivity index (χ0n) is 23.2. The topological polar surface area (TPSA) is 59.0 Å². The first-order chi connectivity index (χ1) is 16.4. The van der Waals surface area contributed by atoms with Crippen LogP contribution in [0.15, 0.2) is 0 Å². The van der Waals surface area contributed by atoms with E-state index in [0.29, 0.717) is 52.1 Å². The average Bonchev–Trinajstić information content (AvgIpc) is 3.39. The number of methoxy groups -OCH3 is 1. The molecular formula is C30H49NO4. The lowest BCUT2D eigenvalue weighted by atomic mass is 9.41. The minimum atomic E-state index is -0.277. The van der Waals surface area contributed by atoms with E-state index in [2.05, 4.69) is 34.6 Å². The molecule has 5 aliphatic carbocycles. The zero-order chi connectivity index (χ0) is 25.2. The van der Waals surface area contributed by atoms with Gasteiger partial charge in [0.2, 0.25) is 0 Å². The van der Waals surface area contributed by atoms with Gasteiger partial charge in [-0.1, -0.05) is 34.6 Å². The second-order valence-corrected chi connectivity index (χ2v) is 15.0. The normalized spacial score (nSPS) is 55.5. The van der Waals surface area contributed by atoms with E-state index in [1.165, 1.54) is 52.1 Å². The van der Waals surface area contributed by atoms with Crippen molar-refractivity contribution in [2.24, 2.45) is 50.7 Å². The van der Waals surface area contributed by atoms with Crippen molar-refractivity contribution in [3.05, 3.63) is 0 Å². The standard InChI is InChI=1S/C30H49NO4/c1-18-14-19(16-31(6)25(33)34-7)35-20-15-28(5)22-9-8-21-26(2,3)23(32)10-11-29(21)17-30(22,29)13-12-27(28,4)24(18)20/h18-24,32H,8-17H2,1-7H3. The van der Waals surface area contributed by atoms with Crippen molar-refractivity contribution in [1.82, 2.24) is 4.90 Å². The Kier molecular flexibility index (Phi) is 5.18. The number of rotatable bonds is 2. The fraction of sp³-hybridized carbons (Fsp3) is 0.967. The largest absolute Gasteiger partial charge is 0.453 e. The Hall–Kier alpha value is -0.810. The van der Waals surface area contributed by atoms with Crippen molar-refractivity contribution in [3.63, 3.8) is 0 Å². The molecule has 0 radical (unpaired) electrons. The van der Waals surface area contributed by atoms with Gasteiger partial charge in [0.05, 0.1) is 25.4 Å². The van der Waals surface area contributed by atoms with Gasteiger partial charge in [-0.25, -0.2) is 4.79 Å². The van der Waals surface area contributed by atoms with Crippen molar-refractivity contribution in [2.45, 2.75) is 111 Å². The Bertz CT molecular complexity index is 905. The van der Waals surface area contributed by atoms with E-state index in [-0.39, 0.29) is 23.7 Å². The summed E-state index contributed by atoms with van der Waals surface area (Å²) in [6.45, 7) is 13.1. The molecule has 1 aliphatic heterocycles. The lowest BCUT2D eigenvalue weighted by molar-refractivity contribution is -0.166. The predicted molar refractivity (Wildman–Crippen MR) is 136 cm³/mol. The molecule has 0 bridgehead atoms. The molecule has 11 unspecified atom stereocenters. The fourth-order valence-corrected chi connectivity index (χ4v) is 12.1. The molecule has 6 fully saturated rings. The number of ether oxygens (including phenoxy) is 2. The van der Waals surface area contributed by atoms with E-state index >= 15 is 0 Å². The number of amides is 1. The molecule has 11 atom stereocenters. The van der Waals surface area contributed by atoms with Gasteiger partial charge in [-0.2, -0.15) is 0 Å². The van der Waals surface area contributed by atoms with Gasteiger partial charge in [-0.05, 0) is 109 Å². The Balaban J connectivity index is 1.28. The summed E-state index contributed by atoms with van der Waals surface area (Å²) in [5.41, 5.74) is 1.67. The Morgan fingerprint density at radius 3 is 2.43 bits per heavy atom. The number of aliphatic hydroxyl groups is 1. The van der Waals surface area contributed by atoms with Crippen LogP contribution in [-0.4, -0.2) is 55.1 Å². The molecular weight excluding hydrogens is 438 g/mol. The molecule has 5 heteroatoms. The monoisotopic (exact) mass is 487 g/mol. The first-order valence-electron chi connectivity index (χ1n) is 14.5. The Morgan fingerprint density at radius 2 is 1.71 bits per heavy atom. The molecule has 6 rings (SSSR count). The van der Waals surface area contributed by atoms with Crippen molar-refractivity contribution in [3.8, 4) is 0 Å². The van der Waals surface area contributed by atoms with Gasteiger partial charge >= 0.3 is 6.09 Å². The van der Waals surface area contributed by atoms with Crippen LogP contribution in [0.2, 0.25) is 0 Å². The lowest BCUT2D eigenvalue weighted by Gasteiger charge is -2.63. The van der Waals surface area contributed by atoms with Crippen LogP contribution in [0.3, 0.4) is 0 Å². The van der Waals surface area contributed by atoms with Crippen LogP contribution in [-0.2, 0) is 9.47 Å². The summed E-state index contributed by atoms with van der Waals surface area (Å²) in [6.07, 6.45) is 11.2. The highest BCUT2D eigenvalue weighted by Crippen LogP contribution is 2.89. The maximum atomic E-state index is 12.0. The van der Waals surface area contributed by atoms with Crippen LogP contribution < -0.4 is 0 Å². The highest BCUT2D eigenvalue weighted by Gasteiger charge is 2.83. The van der Waals surface area contributed by atoms with Crippen LogP contribution >= 0.6 is 0 Å². The minimum absolute atomic E-state index is 0.0501. The molecule has 0 aromatic rings. The molecule has 1 saturated heterocycles. The second-order valence-electron chi connectivity index (χ2n) is 15.0. The van der Waals surface area contributed by atoms with Crippen molar-refractivity contribution < 1.29 is 19.4 Å². The van der Waals surface area contributed by atoms with Gasteiger partial charge in [0.15, 0.2) is 0 Å². The van der Waals surface area contributed by atoms with E-state index in [1.54, 1.807) is 4.90 Å². The summed E-state index contributed by atoms with van der Waals surface area (Å²) < 4.78 is 11.8. The summed E-state index contributed by atoms with van der Waals surface area (Å²) in [5.74, 6) is 2.69. The van der Waals surface area contributed by atoms with Crippen LogP contribution in [0.4, 0.5) is 4.79 Å². The molecule has 1 N–H and O–H groups in total. The van der Waals surface area contributed by atoms with Gasteiger partial charge in [-0.15, -0.1) is 0 Å². The van der Waals surface area contributed by atoms with E-state index < -0.39 is 0 Å². The van der Waals surface area contributed by atoms with Crippen molar-refractivity contribution in [1.29, 1.82) is 0 Å². The molecule has 1 amide bonds. The number of aliphatic hydroxyl groups excluding tert-OH is 1. The molecule has 5 saturated carbocycles. The third-order valence-corrected chi connectivity index (χ3v) is 13.7. The smallest absolute Gasteiger partial charge is 0.409 e. The molecule has 2 spiro atoms. The van der Waals surface area contributed by atoms with Crippen molar-refractivity contribution >= 4 is 6.09 Å². The number of carbonyl (C=O) groups excluding carboxylic acids is 1. The predicted octanol–water partition coefficient (Wildman–Crippen LogP) is 5.89. The van der Waals surface area contributed by atoms with Crippen LogP contribution in [0.5, 0.6) is 0 Å². The van der Waals surface area contributed by atoms with Gasteiger partial charge in [0.1, 0.15) is 0 Å². The summed E-state index contributed by atoms with van der Waals surface area (Å²) in [7, 11) is 3.27. The number of hydrogen-bond acceptors (Lipinski definition) is 4. The lowest BCUT2D eigenvalue weighted by Crippen LogP contribution is -2.58. The van der Waals surface area contributed by atoms with Crippen LogP contribution in [0, 0.1) is 50.7 Å². The number of nitrogens with zero attached hydrogens (tertiary/aromatic N) is 1. The van der Waals surface area contributed by atoms with Crippen LogP contribution in [0.1, 0.15) is 92.4 Å². The van der Waals surface area contributed by atoms with E-state index in [0.717, 1.165) is 18.8 Å². The average molecular weight is 488 g/mol. The summed E-state index contributed by atoms with van der Waals surface area (Å²) >= 11 is 0. The SMILES string of the molecule is COC(=O)N(C)CC1CC(C)C2C(CC3(C)C4CCC5C(C)(C)C(O)CCC56CC46CCC23C)O1. The van der Waals surface area contributed by atoms with Gasteiger partial charge < -0.3 is 19.5 Å². The summed E-state index contributed by atoms with van der Waals surface area (Å²) in [6, 6.07) is 0. The molecule has 1 heterocycles. The molecule has 6 aliphatic rings. The third-order valence-electron chi connectivity index (χ3n) is 13.7. The maximum Gasteiger partial charge on any atom is 0.409 e. The highest BCUT2D eigenvalue weighted by atomic mass is 16.5. The van der Waals surface area contributed by atoms with E-state index in [1.807, 2.05) is 7.05 Å². The molecule has 198 valence electrons. The summed E-state index contributed by atoms with van der Waals surface area (Å²) in [4.78, 5) is 13.7. The van der Waals surface area contributed by atoms with Gasteiger partial charge in [0.25, 0.3) is 0 Å². The first kappa shape index (κ1) is 24.5. The highest BCUT2D eigenvalue weighted by molar-refractivity contribution is 5.66. The molecule has 0 aromatic carbocycles. The number of carbonyl (C=O) groups is 1. The number of hydrogen-bond donors (Lipinski definition) is 1. The molecule has 5 nitrogen and oxygen atoms in total. The van der Waals surface area contributed by atoms with Crippen LogP contribution in [0.25, 0.3) is 0 Å². The third kappa shape index (κ3) is 2.86. The number of likely N-dealkylation sites (N-methyl/N-ethyl adjacent to an activating group) is 1. The fourth-order valence-electron chi connectivity index (χ4n) is 12.1. The Labute approximate surface area is 212 Å². The minimum Gasteiger partial charge on any atom is -0.453 e. The second kappa shape index (κ2) is 7.40. The first-order valence-corrected chi connectivity index (χ1v) is 14.5. The Morgan fingerprint density at radius 1 is 1.03 bits per heavy atom.